The molecular formula is C22H22N2O2. The highest BCUT2D eigenvalue weighted by molar-refractivity contribution is 5.96. The zero-order chi connectivity index (χ0) is 17.9. The van der Waals surface area contributed by atoms with Crippen LogP contribution in [0.15, 0.2) is 65.5 Å². The zero-order valence-corrected chi connectivity index (χ0v) is 14.7. The average Bonchev–Trinajstić information content (AvgIpc) is 3.22. The van der Waals surface area contributed by atoms with Crippen LogP contribution in [-0.4, -0.2) is 28.5 Å². The fourth-order valence-corrected chi connectivity index (χ4v) is 3.66. The van der Waals surface area contributed by atoms with Gasteiger partial charge in [-0.3, -0.25) is 9.59 Å². The molecule has 1 fully saturated rings. The van der Waals surface area contributed by atoms with Crippen LogP contribution >= 0.6 is 0 Å². The van der Waals surface area contributed by atoms with E-state index < -0.39 is 0 Å². The smallest absolute Gasteiger partial charge is 0.270 e. The summed E-state index contributed by atoms with van der Waals surface area (Å²) in [5.41, 5.74) is 1.58. The normalized spacial score (nSPS) is 14.1. The van der Waals surface area contributed by atoms with Crippen molar-refractivity contribution in [3.63, 3.8) is 0 Å². The van der Waals surface area contributed by atoms with Crippen molar-refractivity contribution in [2.24, 2.45) is 0 Å². The van der Waals surface area contributed by atoms with Gasteiger partial charge < -0.3 is 9.47 Å². The fourth-order valence-electron chi connectivity index (χ4n) is 3.66. The van der Waals surface area contributed by atoms with Crippen LogP contribution in [0.2, 0.25) is 0 Å². The highest BCUT2D eigenvalue weighted by atomic mass is 16.2. The van der Waals surface area contributed by atoms with Crippen LogP contribution in [0.4, 0.5) is 0 Å². The van der Waals surface area contributed by atoms with Gasteiger partial charge >= 0.3 is 0 Å². The van der Waals surface area contributed by atoms with Gasteiger partial charge in [0.15, 0.2) is 0 Å². The van der Waals surface area contributed by atoms with Crippen molar-refractivity contribution >= 4 is 16.7 Å². The minimum Gasteiger partial charge on any atom is -0.337 e. The van der Waals surface area contributed by atoms with E-state index in [4.69, 9.17) is 0 Å². The van der Waals surface area contributed by atoms with Gasteiger partial charge in [-0.25, -0.2) is 0 Å². The van der Waals surface area contributed by atoms with Gasteiger partial charge in [0, 0.05) is 25.0 Å². The molecule has 2 aromatic carbocycles. The first-order valence-electron chi connectivity index (χ1n) is 9.20. The quantitative estimate of drug-likeness (QED) is 0.726. The molecular weight excluding hydrogens is 324 g/mol. The molecule has 132 valence electrons. The Hall–Kier alpha value is -2.88. The molecule has 0 aliphatic carbocycles. The maximum absolute atomic E-state index is 13.1. The standard InChI is InChI=1S/C22H22N2O2/c25-21-19-11-5-4-10-18(19)16-20(22(26)23-13-6-7-14-23)24(21)15-12-17-8-2-1-3-9-17/h1-5,8-11,16H,6-7,12-15H2. The predicted octanol–water partition coefficient (Wildman–Crippen LogP) is 3.48. The topological polar surface area (TPSA) is 42.3 Å². The Kier molecular flexibility index (Phi) is 4.57. The van der Waals surface area contributed by atoms with Crippen molar-refractivity contribution in [1.82, 2.24) is 9.47 Å². The first-order valence-corrected chi connectivity index (χ1v) is 9.20. The Balaban J connectivity index is 1.77. The minimum atomic E-state index is -0.0819. The van der Waals surface area contributed by atoms with Crippen LogP contribution < -0.4 is 5.56 Å². The summed E-state index contributed by atoms with van der Waals surface area (Å²) in [6.07, 6.45) is 2.79. The molecule has 1 aromatic heterocycles. The van der Waals surface area contributed by atoms with Crippen molar-refractivity contribution in [3.05, 3.63) is 82.3 Å². The van der Waals surface area contributed by atoms with Gasteiger partial charge in [0.1, 0.15) is 5.69 Å². The second kappa shape index (κ2) is 7.16. The van der Waals surface area contributed by atoms with Crippen LogP contribution in [0.5, 0.6) is 0 Å². The molecule has 4 nitrogen and oxygen atoms in total. The summed E-state index contributed by atoms with van der Waals surface area (Å²) >= 11 is 0. The SMILES string of the molecule is O=C(c1cc2ccccc2c(=O)n1CCc1ccccc1)N1CCCC1. The second-order valence-electron chi connectivity index (χ2n) is 6.81. The number of pyridine rings is 1. The van der Waals surface area contributed by atoms with Crippen molar-refractivity contribution in [1.29, 1.82) is 0 Å². The van der Waals surface area contributed by atoms with Crippen molar-refractivity contribution in [3.8, 4) is 0 Å². The van der Waals surface area contributed by atoms with Crippen molar-refractivity contribution in [2.75, 3.05) is 13.1 Å². The summed E-state index contributed by atoms with van der Waals surface area (Å²) < 4.78 is 1.66. The van der Waals surface area contributed by atoms with Gasteiger partial charge in [0.25, 0.3) is 11.5 Å². The molecule has 0 atom stereocenters. The summed E-state index contributed by atoms with van der Waals surface area (Å²) in [4.78, 5) is 28.0. The van der Waals surface area contributed by atoms with E-state index in [1.54, 1.807) is 4.57 Å². The molecule has 1 amide bonds. The van der Waals surface area contributed by atoms with E-state index in [2.05, 4.69) is 0 Å². The lowest BCUT2D eigenvalue weighted by Gasteiger charge is -2.19. The van der Waals surface area contributed by atoms with Crippen LogP contribution in [0.25, 0.3) is 10.8 Å². The highest BCUT2D eigenvalue weighted by Crippen LogP contribution is 2.17. The lowest BCUT2D eigenvalue weighted by molar-refractivity contribution is 0.0780. The molecule has 2 heterocycles. The highest BCUT2D eigenvalue weighted by Gasteiger charge is 2.23. The van der Waals surface area contributed by atoms with E-state index in [0.717, 1.165) is 43.3 Å². The molecule has 4 rings (SSSR count). The molecule has 26 heavy (non-hydrogen) atoms. The number of benzene rings is 2. The molecule has 0 unspecified atom stereocenters. The van der Waals surface area contributed by atoms with Gasteiger partial charge in [0.05, 0.1) is 0 Å². The third-order valence-electron chi connectivity index (χ3n) is 5.10. The molecule has 0 bridgehead atoms. The Labute approximate surface area is 152 Å². The number of hydrogen-bond donors (Lipinski definition) is 0. The number of fused-ring (bicyclic) bond motifs is 1. The Bertz CT molecular complexity index is 986. The van der Waals surface area contributed by atoms with Crippen molar-refractivity contribution < 1.29 is 4.79 Å². The van der Waals surface area contributed by atoms with E-state index in [1.807, 2.05) is 65.6 Å². The monoisotopic (exact) mass is 346 g/mol. The molecule has 4 heteroatoms. The van der Waals surface area contributed by atoms with Gasteiger partial charge in [-0.2, -0.15) is 0 Å². The minimum absolute atomic E-state index is 0.0292. The van der Waals surface area contributed by atoms with E-state index in [0.29, 0.717) is 17.6 Å². The third-order valence-corrected chi connectivity index (χ3v) is 5.10. The van der Waals surface area contributed by atoms with Gasteiger partial charge in [0.2, 0.25) is 0 Å². The molecule has 0 spiro atoms. The largest absolute Gasteiger partial charge is 0.337 e. The molecule has 3 aromatic rings. The van der Waals surface area contributed by atoms with Crippen LogP contribution in [-0.2, 0) is 13.0 Å². The summed E-state index contributed by atoms with van der Waals surface area (Å²) in [5, 5.41) is 1.49. The summed E-state index contributed by atoms with van der Waals surface area (Å²) in [6, 6.07) is 19.5. The van der Waals surface area contributed by atoms with Gasteiger partial charge in [-0.15, -0.1) is 0 Å². The number of likely N-dealkylation sites (tertiary alicyclic amines) is 1. The van der Waals surface area contributed by atoms with E-state index in [9.17, 15) is 9.59 Å². The number of carbonyl (C=O) groups excluding carboxylic acids is 1. The number of carbonyl (C=O) groups is 1. The molecule has 1 aliphatic rings. The molecule has 0 saturated carbocycles. The third kappa shape index (κ3) is 3.15. The van der Waals surface area contributed by atoms with Crippen LogP contribution in [0.3, 0.4) is 0 Å². The van der Waals surface area contributed by atoms with E-state index in [1.165, 1.54) is 0 Å². The van der Waals surface area contributed by atoms with Gasteiger partial charge in [-0.1, -0.05) is 48.5 Å². The zero-order valence-electron chi connectivity index (χ0n) is 14.7. The first-order chi connectivity index (χ1) is 12.7. The summed E-state index contributed by atoms with van der Waals surface area (Å²) in [7, 11) is 0. The van der Waals surface area contributed by atoms with Crippen molar-refractivity contribution in [2.45, 2.75) is 25.8 Å². The number of hydrogen-bond acceptors (Lipinski definition) is 2. The number of nitrogens with zero attached hydrogens (tertiary/aromatic N) is 2. The lowest BCUT2D eigenvalue weighted by Crippen LogP contribution is -2.34. The number of amides is 1. The van der Waals surface area contributed by atoms with Crippen LogP contribution in [0.1, 0.15) is 28.9 Å². The Morgan fingerprint density at radius 1 is 0.923 bits per heavy atom. The second-order valence-corrected chi connectivity index (χ2v) is 6.81. The maximum atomic E-state index is 13.1. The molecule has 1 saturated heterocycles. The van der Waals surface area contributed by atoms with E-state index >= 15 is 0 Å². The first kappa shape index (κ1) is 16.6. The summed E-state index contributed by atoms with van der Waals surface area (Å²) in [6.45, 7) is 2.06. The molecule has 0 radical (unpaired) electrons. The average molecular weight is 346 g/mol. The molecule has 0 N–H and O–H groups in total. The van der Waals surface area contributed by atoms with E-state index in [-0.39, 0.29) is 11.5 Å². The number of rotatable bonds is 4. The lowest BCUT2D eigenvalue weighted by atomic mass is 10.1. The Morgan fingerprint density at radius 2 is 1.62 bits per heavy atom. The molecule has 1 aliphatic heterocycles. The fraction of sp³-hybridized carbons (Fsp3) is 0.273. The predicted molar refractivity (Wildman–Crippen MR) is 103 cm³/mol. The number of aryl methyl sites for hydroxylation is 1. The summed E-state index contributed by atoms with van der Waals surface area (Å²) in [5.74, 6) is -0.0292. The number of aromatic nitrogens is 1. The van der Waals surface area contributed by atoms with Gasteiger partial charge in [-0.05, 0) is 42.3 Å². The maximum Gasteiger partial charge on any atom is 0.270 e. The Morgan fingerprint density at radius 3 is 2.38 bits per heavy atom. The van der Waals surface area contributed by atoms with Crippen LogP contribution in [0, 0.1) is 0 Å².